The summed E-state index contributed by atoms with van der Waals surface area (Å²) >= 11 is 0. The standard InChI is InChI=1S/C12H24O3Si/c1-15-12(14)10-11(13)8-6-5-7-9-16(2,3)4/h5,7,11,13H,6,8-10H2,1-4H3/b7-5-. The molecule has 4 heteroatoms. The highest BCUT2D eigenvalue weighted by molar-refractivity contribution is 6.76. The molecule has 0 amide bonds. The van der Waals surface area contributed by atoms with E-state index in [1.165, 1.54) is 13.2 Å². The summed E-state index contributed by atoms with van der Waals surface area (Å²) in [7, 11) is 0.346. The van der Waals surface area contributed by atoms with Gasteiger partial charge in [0.1, 0.15) is 0 Å². The minimum Gasteiger partial charge on any atom is -0.469 e. The Morgan fingerprint density at radius 3 is 2.50 bits per heavy atom. The van der Waals surface area contributed by atoms with E-state index < -0.39 is 14.2 Å². The lowest BCUT2D eigenvalue weighted by atomic mass is 10.1. The number of ether oxygens (including phenoxy) is 1. The van der Waals surface area contributed by atoms with Crippen LogP contribution in [0.5, 0.6) is 0 Å². The zero-order chi connectivity index (χ0) is 12.6. The smallest absolute Gasteiger partial charge is 0.308 e. The summed E-state index contributed by atoms with van der Waals surface area (Å²) in [6.45, 7) is 6.97. The number of methoxy groups -OCH3 is 1. The fraction of sp³-hybridized carbons (Fsp3) is 0.750. The first-order chi connectivity index (χ1) is 7.35. The summed E-state index contributed by atoms with van der Waals surface area (Å²) in [5, 5.41) is 9.48. The fourth-order valence-corrected chi connectivity index (χ4v) is 2.09. The summed E-state index contributed by atoms with van der Waals surface area (Å²) in [5.74, 6) is -0.349. The van der Waals surface area contributed by atoms with Crippen molar-refractivity contribution in [3.63, 3.8) is 0 Å². The van der Waals surface area contributed by atoms with Gasteiger partial charge in [-0.15, -0.1) is 0 Å². The van der Waals surface area contributed by atoms with Gasteiger partial charge in [0, 0.05) is 8.07 Å². The molecular formula is C12H24O3Si. The van der Waals surface area contributed by atoms with E-state index in [9.17, 15) is 9.90 Å². The number of allylic oxidation sites excluding steroid dienone is 2. The van der Waals surface area contributed by atoms with Crippen molar-refractivity contribution < 1.29 is 14.6 Å². The van der Waals surface area contributed by atoms with Crippen LogP contribution < -0.4 is 0 Å². The predicted octanol–water partition coefficient (Wildman–Crippen LogP) is 2.59. The molecule has 0 bridgehead atoms. The molecule has 0 radical (unpaired) electrons. The first-order valence-corrected chi connectivity index (χ1v) is 9.46. The van der Waals surface area contributed by atoms with Crippen LogP contribution in [0, 0.1) is 0 Å². The lowest BCUT2D eigenvalue weighted by Gasteiger charge is -2.11. The van der Waals surface area contributed by atoms with Crippen LogP contribution in [0.4, 0.5) is 0 Å². The molecule has 0 saturated carbocycles. The van der Waals surface area contributed by atoms with Gasteiger partial charge in [0.15, 0.2) is 0 Å². The molecule has 0 aliphatic rings. The minimum atomic E-state index is -0.990. The van der Waals surface area contributed by atoms with E-state index in [2.05, 4.69) is 36.5 Å². The van der Waals surface area contributed by atoms with Crippen molar-refractivity contribution in [2.75, 3.05) is 7.11 Å². The topological polar surface area (TPSA) is 46.5 Å². The van der Waals surface area contributed by atoms with E-state index in [0.29, 0.717) is 6.42 Å². The summed E-state index contributed by atoms with van der Waals surface area (Å²) in [6.07, 6.45) is 5.25. The zero-order valence-electron chi connectivity index (χ0n) is 10.8. The van der Waals surface area contributed by atoms with Gasteiger partial charge < -0.3 is 9.84 Å². The molecule has 1 unspecified atom stereocenters. The Morgan fingerprint density at radius 1 is 1.38 bits per heavy atom. The van der Waals surface area contributed by atoms with Crippen LogP contribution in [-0.4, -0.2) is 32.4 Å². The monoisotopic (exact) mass is 244 g/mol. The molecular weight excluding hydrogens is 220 g/mol. The third-order valence-electron chi connectivity index (χ3n) is 2.19. The number of esters is 1. The first-order valence-electron chi connectivity index (χ1n) is 5.75. The van der Waals surface area contributed by atoms with Gasteiger partial charge in [-0.05, 0) is 18.9 Å². The molecule has 0 spiro atoms. The van der Waals surface area contributed by atoms with Crippen LogP contribution in [0.1, 0.15) is 19.3 Å². The van der Waals surface area contributed by atoms with Gasteiger partial charge in [0.05, 0.1) is 19.6 Å². The number of hydrogen-bond acceptors (Lipinski definition) is 3. The average Bonchev–Trinajstić information content (AvgIpc) is 2.15. The maximum Gasteiger partial charge on any atom is 0.308 e. The highest BCUT2D eigenvalue weighted by Crippen LogP contribution is 2.10. The van der Waals surface area contributed by atoms with Crippen LogP contribution in [-0.2, 0) is 9.53 Å². The fourth-order valence-electron chi connectivity index (χ4n) is 1.22. The number of rotatable bonds is 7. The van der Waals surface area contributed by atoms with Gasteiger partial charge >= 0.3 is 5.97 Å². The number of carbonyl (C=O) groups is 1. The molecule has 0 heterocycles. The number of carbonyl (C=O) groups excluding carboxylic acids is 1. The Bertz CT molecular complexity index is 231. The van der Waals surface area contributed by atoms with Gasteiger partial charge in [0.2, 0.25) is 0 Å². The molecule has 94 valence electrons. The highest BCUT2D eigenvalue weighted by Gasteiger charge is 2.10. The molecule has 0 aromatic rings. The summed E-state index contributed by atoms with van der Waals surface area (Å²) in [6, 6.07) is 1.17. The largest absolute Gasteiger partial charge is 0.469 e. The maximum absolute atomic E-state index is 10.8. The van der Waals surface area contributed by atoms with Crippen molar-refractivity contribution in [1.82, 2.24) is 0 Å². The van der Waals surface area contributed by atoms with E-state index in [-0.39, 0.29) is 12.4 Å². The van der Waals surface area contributed by atoms with E-state index in [0.717, 1.165) is 6.42 Å². The Hall–Kier alpha value is -0.613. The molecule has 0 aromatic heterocycles. The van der Waals surface area contributed by atoms with E-state index in [1.54, 1.807) is 0 Å². The summed E-state index contributed by atoms with van der Waals surface area (Å²) < 4.78 is 4.48. The average molecular weight is 244 g/mol. The molecule has 0 saturated heterocycles. The Morgan fingerprint density at radius 2 is 2.00 bits per heavy atom. The van der Waals surface area contributed by atoms with E-state index in [4.69, 9.17) is 0 Å². The molecule has 1 N–H and O–H groups in total. The van der Waals surface area contributed by atoms with Crippen LogP contribution >= 0.6 is 0 Å². The molecule has 0 aromatic carbocycles. The summed E-state index contributed by atoms with van der Waals surface area (Å²) in [5.41, 5.74) is 0. The molecule has 1 atom stereocenters. The second kappa shape index (κ2) is 7.63. The normalized spacial score (nSPS) is 14.1. The van der Waals surface area contributed by atoms with Crippen molar-refractivity contribution in [1.29, 1.82) is 0 Å². The third kappa shape index (κ3) is 9.92. The Balaban J connectivity index is 3.62. The molecule has 0 aliphatic heterocycles. The number of hydrogen-bond donors (Lipinski definition) is 1. The van der Waals surface area contributed by atoms with Gasteiger partial charge in [0.25, 0.3) is 0 Å². The van der Waals surface area contributed by atoms with Crippen LogP contribution in [0.3, 0.4) is 0 Å². The molecule has 3 nitrogen and oxygen atoms in total. The highest BCUT2D eigenvalue weighted by atomic mass is 28.3. The van der Waals surface area contributed by atoms with E-state index >= 15 is 0 Å². The van der Waals surface area contributed by atoms with Gasteiger partial charge in [-0.2, -0.15) is 0 Å². The summed E-state index contributed by atoms with van der Waals surface area (Å²) in [4.78, 5) is 10.8. The molecule has 0 fully saturated rings. The van der Waals surface area contributed by atoms with Crippen LogP contribution in [0.25, 0.3) is 0 Å². The number of aliphatic hydroxyl groups is 1. The minimum absolute atomic E-state index is 0.0956. The molecule has 0 rings (SSSR count). The molecule has 16 heavy (non-hydrogen) atoms. The zero-order valence-corrected chi connectivity index (χ0v) is 11.8. The van der Waals surface area contributed by atoms with E-state index in [1.807, 2.05) is 0 Å². The van der Waals surface area contributed by atoms with Crippen molar-refractivity contribution in [2.24, 2.45) is 0 Å². The van der Waals surface area contributed by atoms with Crippen LogP contribution in [0.15, 0.2) is 12.2 Å². The van der Waals surface area contributed by atoms with Crippen molar-refractivity contribution in [3.8, 4) is 0 Å². The van der Waals surface area contributed by atoms with Gasteiger partial charge in [-0.1, -0.05) is 31.8 Å². The van der Waals surface area contributed by atoms with Crippen molar-refractivity contribution in [2.45, 2.75) is 51.1 Å². The Kier molecular flexibility index (Phi) is 7.33. The van der Waals surface area contributed by atoms with Crippen molar-refractivity contribution >= 4 is 14.0 Å². The second-order valence-electron chi connectivity index (χ2n) is 5.25. The Labute approximate surface area is 99.5 Å². The second-order valence-corrected chi connectivity index (χ2v) is 10.8. The quantitative estimate of drug-likeness (QED) is 0.425. The molecule has 0 aliphatic carbocycles. The van der Waals surface area contributed by atoms with Crippen molar-refractivity contribution in [3.05, 3.63) is 12.2 Å². The third-order valence-corrected chi connectivity index (χ3v) is 3.65. The van der Waals surface area contributed by atoms with Crippen LogP contribution in [0.2, 0.25) is 25.7 Å². The first kappa shape index (κ1) is 15.4. The lowest BCUT2D eigenvalue weighted by Crippen LogP contribution is -2.17. The van der Waals surface area contributed by atoms with Gasteiger partial charge in [-0.3, -0.25) is 4.79 Å². The van der Waals surface area contributed by atoms with Gasteiger partial charge in [-0.25, -0.2) is 0 Å². The predicted molar refractivity (Wildman–Crippen MR) is 69.2 cm³/mol. The SMILES string of the molecule is COC(=O)CC(O)CC/C=C\C[Si](C)(C)C. The lowest BCUT2D eigenvalue weighted by molar-refractivity contribution is -0.142. The number of aliphatic hydroxyl groups excluding tert-OH is 1. The maximum atomic E-state index is 10.8.